The van der Waals surface area contributed by atoms with E-state index in [1.165, 1.54) is 4.90 Å². The molecule has 1 saturated heterocycles. The number of fused-ring (bicyclic) bond motifs is 1. The van der Waals surface area contributed by atoms with Crippen molar-refractivity contribution in [1.29, 1.82) is 0 Å². The van der Waals surface area contributed by atoms with Crippen LogP contribution in [0.4, 0.5) is 5.69 Å². The summed E-state index contributed by atoms with van der Waals surface area (Å²) in [6, 6.07) is 7.35. The third kappa shape index (κ3) is 2.96. The van der Waals surface area contributed by atoms with Crippen LogP contribution in [0.2, 0.25) is 0 Å². The lowest BCUT2D eigenvalue weighted by molar-refractivity contribution is -0.144. The molecule has 0 spiro atoms. The Balaban J connectivity index is 1.66. The predicted molar refractivity (Wildman–Crippen MR) is 83.3 cm³/mol. The molecule has 2 aromatic rings. The fourth-order valence-electron chi connectivity index (χ4n) is 2.86. The van der Waals surface area contributed by atoms with Gasteiger partial charge in [0.25, 0.3) is 0 Å². The largest absolute Gasteiger partial charge is 0.396 e. The fourth-order valence-corrected chi connectivity index (χ4v) is 2.86. The summed E-state index contributed by atoms with van der Waals surface area (Å²) in [5, 5.41) is 12.8. The molecule has 0 radical (unpaired) electrons. The van der Waals surface area contributed by atoms with Gasteiger partial charge in [-0.2, -0.15) is 0 Å². The highest BCUT2D eigenvalue weighted by molar-refractivity contribution is 6.39. The van der Waals surface area contributed by atoms with Crippen molar-refractivity contribution in [3.8, 4) is 0 Å². The molecule has 2 amide bonds. The molecule has 1 atom stereocenters. The Morgan fingerprint density at radius 2 is 2.23 bits per heavy atom. The molecule has 3 rings (SSSR count). The van der Waals surface area contributed by atoms with E-state index < -0.39 is 11.8 Å². The van der Waals surface area contributed by atoms with Crippen LogP contribution < -0.4 is 5.32 Å². The molecule has 0 saturated carbocycles. The maximum absolute atomic E-state index is 12.2. The first kappa shape index (κ1) is 14.6. The van der Waals surface area contributed by atoms with Crippen LogP contribution in [0.25, 0.3) is 10.9 Å². The second kappa shape index (κ2) is 6.19. The van der Waals surface area contributed by atoms with E-state index in [-0.39, 0.29) is 12.5 Å². The molecule has 1 fully saturated rings. The molecule has 1 unspecified atom stereocenters. The van der Waals surface area contributed by atoms with Crippen molar-refractivity contribution in [2.45, 2.75) is 12.8 Å². The summed E-state index contributed by atoms with van der Waals surface area (Å²) in [5.74, 6) is -1.09. The molecular formula is C16H19N3O3. The highest BCUT2D eigenvalue weighted by Gasteiger charge is 2.27. The van der Waals surface area contributed by atoms with Crippen LogP contribution >= 0.6 is 0 Å². The number of aliphatic hydroxyl groups is 1. The number of aromatic amines is 1. The van der Waals surface area contributed by atoms with Gasteiger partial charge in [0.15, 0.2) is 0 Å². The summed E-state index contributed by atoms with van der Waals surface area (Å²) in [6.45, 7) is 1.06. The van der Waals surface area contributed by atoms with Crippen LogP contribution in [0, 0.1) is 5.92 Å². The molecule has 0 aliphatic carbocycles. The number of likely N-dealkylation sites (tertiary alicyclic amines) is 1. The molecule has 1 aliphatic heterocycles. The number of H-pyrrole nitrogens is 1. The number of hydrogen-bond donors (Lipinski definition) is 3. The molecule has 0 bridgehead atoms. The Bertz CT molecular complexity index is 695. The summed E-state index contributed by atoms with van der Waals surface area (Å²) in [4.78, 5) is 28.9. The minimum atomic E-state index is -0.631. The Morgan fingerprint density at radius 1 is 1.36 bits per heavy atom. The van der Waals surface area contributed by atoms with E-state index in [0.29, 0.717) is 18.8 Å². The van der Waals surface area contributed by atoms with Gasteiger partial charge in [-0.25, -0.2) is 0 Å². The summed E-state index contributed by atoms with van der Waals surface area (Å²) in [5.41, 5.74) is 1.58. The van der Waals surface area contributed by atoms with Gasteiger partial charge in [0.05, 0.1) is 0 Å². The highest BCUT2D eigenvalue weighted by Crippen LogP contribution is 2.19. The van der Waals surface area contributed by atoms with Gasteiger partial charge in [0.1, 0.15) is 0 Å². The first-order valence-electron chi connectivity index (χ1n) is 7.45. The van der Waals surface area contributed by atoms with Crippen LogP contribution in [-0.2, 0) is 9.59 Å². The zero-order valence-electron chi connectivity index (χ0n) is 12.2. The first-order valence-corrected chi connectivity index (χ1v) is 7.45. The average Bonchev–Trinajstić information content (AvgIpc) is 3.01. The quantitative estimate of drug-likeness (QED) is 0.732. The van der Waals surface area contributed by atoms with E-state index >= 15 is 0 Å². The molecule has 22 heavy (non-hydrogen) atoms. The molecule has 2 heterocycles. The van der Waals surface area contributed by atoms with Gasteiger partial charge in [-0.05, 0) is 43.0 Å². The Morgan fingerprint density at radius 3 is 3.05 bits per heavy atom. The van der Waals surface area contributed by atoms with Crippen molar-refractivity contribution in [3.05, 3.63) is 30.5 Å². The number of benzene rings is 1. The molecule has 3 N–H and O–H groups in total. The second-order valence-electron chi connectivity index (χ2n) is 5.68. The maximum Gasteiger partial charge on any atom is 0.313 e. The number of piperidine rings is 1. The van der Waals surface area contributed by atoms with E-state index in [9.17, 15) is 14.7 Å². The van der Waals surface area contributed by atoms with Crippen molar-refractivity contribution in [2.75, 3.05) is 25.0 Å². The van der Waals surface area contributed by atoms with E-state index in [1.54, 1.807) is 6.07 Å². The normalized spacial score (nSPS) is 18.4. The number of nitrogens with zero attached hydrogens (tertiary/aromatic N) is 1. The topological polar surface area (TPSA) is 85.4 Å². The van der Waals surface area contributed by atoms with Gasteiger partial charge in [-0.3, -0.25) is 9.59 Å². The number of hydrogen-bond acceptors (Lipinski definition) is 3. The van der Waals surface area contributed by atoms with Gasteiger partial charge in [0, 0.05) is 42.5 Å². The molecular weight excluding hydrogens is 282 g/mol. The standard InChI is InChI=1S/C16H19N3O3/c20-10-11-2-1-7-19(9-11)16(22)15(21)18-13-3-4-14-12(8-13)5-6-17-14/h3-6,8,11,17,20H,1-2,7,9-10H2,(H,18,21). The number of anilines is 1. The van der Waals surface area contributed by atoms with Crippen molar-refractivity contribution in [3.63, 3.8) is 0 Å². The lowest BCUT2D eigenvalue weighted by Crippen LogP contribution is -2.45. The van der Waals surface area contributed by atoms with Gasteiger partial charge < -0.3 is 20.3 Å². The Hall–Kier alpha value is -2.34. The number of aromatic nitrogens is 1. The van der Waals surface area contributed by atoms with Crippen molar-refractivity contribution in [2.24, 2.45) is 5.92 Å². The van der Waals surface area contributed by atoms with Crippen molar-refractivity contribution >= 4 is 28.4 Å². The van der Waals surface area contributed by atoms with Gasteiger partial charge in [-0.1, -0.05) is 0 Å². The average molecular weight is 301 g/mol. The minimum absolute atomic E-state index is 0.0511. The number of carbonyl (C=O) groups excluding carboxylic acids is 2. The lowest BCUT2D eigenvalue weighted by atomic mass is 9.99. The third-order valence-electron chi connectivity index (χ3n) is 4.07. The number of nitrogens with one attached hydrogen (secondary N) is 2. The Kier molecular flexibility index (Phi) is 4.11. The van der Waals surface area contributed by atoms with E-state index in [0.717, 1.165) is 23.7 Å². The summed E-state index contributed by atoms with van der Waals surface area (Å²) in [7, 11) is 0. The number of amides is 2. The molecule has 6 heteroatoms. The van der Waals surface area contributed by atoms with Gasteiger partial charge in [0.2, 0.25) is 0 Å². The molecule has 6 nitrogen and oxygen atoms in total. The van der Waals surface area contributed by atoms with Crippen molar-refractivity contribution < 1.29 is 14.7 Å². The first-order chi connectivity index (χ1) is 10.7. The monoisotopic (exact) mass is 301 g/mol. The molecule has 1 aromatic heterocycles. The van der Waals surface area contributed by atoms with Crippen molar-refractivity contribution in [1.82, 2.24) is 9.88 Å². The minimum Gasteiger partial charge on any atom is -0.396 e. The zero-order chi connectivity index (χ0) is 15.5. The summed E-state index contributed by atoms with van der Waals surface area (Å²) < 4.78 is 0. The van der Waals surface area contributed by atoms with E-state index in [2.05, 4.69) is 10.3 Å². The highest BCUT2D eigenvalue weighted by atomic mass is 16.3. The summed E-state index contributed by atoms with van der Waals surface area (Å²) >= 11 is 0. The van der Waals surface area contributed by atoms with Crippen LogP contribution in [-0.4, -0.2) is 46.5 Å². The van der Waals surface area contributed by atoms with Crippen LogP contribution in [0.5, 0.6) is 0 Å². The smallest absolute Gasteiger partial charge is 0.313 e. The number of rotatable bonds is 2. The Labute approximate surface area is 128 Å². The lowest BCUT2D eigenvalue weighted by Gasteiger charge is -2.31. The number of carbonyl (C=O) groups is 2. The predicted octanol–water partition coefficient (Wildman–Crippen LogP) is 1.34. The molecule has 1 aromatic carbocycles. The van der Waals surface area contributed by atoms with E-state index in [1.807, 2.05) is 24.4 Å². The third-order valence-corrected chi connectivity index (χ3v) is 4.07. The molecule has 1 aliphatic rings. The maximum atomic E-state index is 12.2. The zero-order valence-corrected chi connectivity index (χ0v) is 12.2. The SMILES string of the molecule is O=C(Nc1ccc2[nH]ccc2c1)C(=O)N1CCCC(CO)C1. The summed E-state index contributed by atoms with van der Waals surface area (Å²) in [6.07, 6.45) is 3.54. The van der Waals surface area contributed by atoms with E-state index in [4.69, 9.17) is 0 Å². The van der Waals surface area contributed by atoms with Crippen LogP contribution in [0.3, 0.4) is 0 Å². The fraction of sp³-hybridized carbons (Fsp3) is 0.375. The number of aliphatic hydroxyl groups excluding tert-OH is 1. The van der Waals surface area contributed by atoms with Gasteiger partial charge in [-0.15, -0.1) is 0 Å². The molecule has 116 valence electrons. The van der Waals surface area contributed by atoms with Crippen LogP contribution in [0.15, 0.2) is 30.5 Å². The van der Waals surface area contributed by atoms with Gasteiger partial charge >= 0.3 is 11.8 Å². The second-order valence-corrected chi connectivity index (χ2v) is 5.68. The van der Waals surface area contributed by atoms with Crippen LogP contribution in [0.1, 0.15) is 12.8 Å².